The van der Waals surface area contributed by atoms with Crippen molar-refractivity contribution in [2.45, 2.75) is 40.5 Å². The van der Waals surface area contributed by atoms with Crippen LogP contribution in [-0.2, 0) is 9.59 Å². The molecule has 0 atom stereocenters. The molecule has 4 heteroatoms. The highest BCUT2D eigenvalue weighted by Crippen LogP contribution is 2.51. The van der Waals surface area contributed by atoms with Gasteiger partial charge in [-0.2, -0.15) is 0 Å². The van der Waals surface area contributed by atoms with Gasteiger partial charge in [-0.15, -0.1) is 0 Å². The van der Waals surface area contributed by atoms with E-state index in [2.05, 4.69) is 19.2 Å². The van der Waals surface area contributed by atoms with Crippen molar-refractivity contribution < 1.29 is 14.7 Å². The second-order valence-electron chi connectivity index (χ2n) is 5.63. The summed E-state index contributed by atoms with van der Waals surface area (Å²) < 4.78 is 0. The first kappa shape index (κ1) is 13.0. The highest BCUT2D eigenvalue weighted by molar-refractivity contribution is 6.00. The molecule has 1 saturated carbocycles. The van der Waals surface area contributed by atoms with Crippen molar-refractivity contribution in [1.29, 1.82) is 0 Å². The summed E-state index contributed by atoms with van der Waals surface area (Å²) in [5, 5.41) is 11.7. The quantitative estimate of drug-likeness (QED) is 0.702. The van der Waals surface area contributed by atoms with Crippen LogP contribution in [0.2, 0.25) is 0 Å². The molecule has 0 spiro atoms. The van der Waals surface area contributed by atoms with E-state index in [1.54, 1.807) is 0 Å². The van der Waals surface area contributed by atoms with Crippen molar-refractivity contribution in [3.8, 4) is 0 Å². The molecule has 0 aromatic carbocycles. The Morgan fingerprint density at radius 1 is 1.38 bits per heavy atom. The molecule has 1 rings (SSSR count). The molecule has 1 aliphatic carbocycles. The molecule has 0 aromatic rings. The number of carbonyl (C=O) groups is 2. The standard InChI is InChI=1S/C12H21NO3/c1-8(2)12(5-6-12)7-13-9(14)11(3,4)10(15)16/h8H,5-7H2,1-4H3,(H,13,14)(H,15,16). The van der Waals surface area contributed by atoms with Gasteiger partial charge in [0.2, 0.25) is 5.91 Å². The zero-order valence-corrected chi connectivity index (χ0v) is 10.5. The van der Waals surface area contributed by atoms with Gasteiger partial charge in [0.1, 0.15) is 5.41 Å². The van der Waals surface area contributed by atoms with Crippen LogP contribution in [0.5, 0.6) is 0 Å². The third-order valence-electron chi connectivity index (χ3n) is 3.82. The summed E-state index contributed by atoms with van der Waals surface area (Å²) in [6.45, 7) is 7.74. The summed E-state index contributed by atoms with van der Waals surface area (Å²) in [5.41, 5.74) is -1.13. The van der Waals surface area contributed by atoms with Gasteiger partial charge in [0.25, 0.3) is 0 Å². The minimum Gasteiger partial charge on any atom is -0.480 e. The number of rotatable bonds is 5. The van der Waals surface area contributed by atoms with E-state index < -0.39 is 17.3 Å². The monoisotopic (exact) mass is 227 g/mol. The van der Waals surface area contributed by atoms with Crippen molar-refractivity contribution in [1.82, 2.24) is 5.32 Å². The number of nitrogens with one attached hydrogen (secondary N) is 1. The maximum Gasteiger partial charge on any atom is 0.318 e. The molecule has 0 bridgehead atoms. The third-order valence-corrected chi connectivity index (χ3v) is 3.82. The van der Waals surface area contributed by atoms with Crippen molar-refractivity contribution in [2.75, 3.05) is 6.54 Å². The first-order chi connectivity index (χ1) is 7.22. The molecule has 0 radical (unpaired) electrons. The largest absolute Gasteiger partial charge is 0.480 e. The van der Waals surface area contributed by atoms with E-state index >= 15 is 0 Å². The van der Waals surface area contributed by atoms with E-state index in [1.807, 2.05) is 0 Å². The molecule has 2 N–H and O–H groups in total. The zero-order chi connectivity index (χ0) is 12.6. The van der Waals surface area contributed by atoms with Gasteiger partial charge in [0.15, 0.2) is 0 Å². The maximum absolute atomic E-state index is 11.7. The molecule has 0 unspecified atom stereocenters. The fraction of sp³-hybridized carbons (Fsp3) is 0.833. The zero-order valence-electron chi connectivity index (χ0n) is 10.5. The highest BCUT2D eigenvalue weighted by Gasteiger charge is 2.46. The van der Waals surface area contributed by atoms with E-state index in [9.17, 15) is 9.59 Å². The van der Waals surface area contributed by atoms with Crippen LogP contribution in [0, 0.1) is 16.7 Å². The van der Waals surface area contributed by atoms with Crippen LogP contribution < -0.4 is 5.32 Å². The average Bonchev–Trinajstić information content (AvgIpc) is 2.94. The van der Waals surface area contributed by atoms with Gasteiger partial charge >= 0.3 is 5.97 Å². The lowest BCUT2D eigenvalue weighted by atomic mass is 9.90. The van der Waals surface area contributed by atoms with E-state index in [-0.39, 0.29) is 5.41 Å². The van der Waals surface area contributed by atoms with E-state index in [4.69, 9.17) is 5.11 Å². The predicted octanol–water partition coefficient (Wildman–Crippen LogP) is 1.65. The predicted molar refractivity (Wildman–Crippen MR) is 60.9 cm³/mol. The molecule has 1 amide bonds. The molecule has 92 valence electrons. The summed E-state index contributed by atoms with van der Waals surface area (Å²) >= 11 is 0. The first-order valence-corrected chi connectivity index (χ1v) is 5.74. The number of carboxylic acids is 1. The van der Waals surface area contributed by atoms with E-state index in [0.29, 0.717) is 12.5 Å². The maximum atomic E-state index is 11.7. The molecule has 16 heavy (non-hydrogen) atoms. The second-order valence-corrected chi connectivity index (χ2v) is 5.63. The van der Waals surface area contributed by atoms with Gasteiger partial charge in [-0.1, -0.05) is 13.8 Å². The number of aliphatic carboxylic acids is 1. The number of carbonyl (C=O) groups excluding carboxylic acids is 1. The highest BCUT2D eigenvalue weighted by atomic mass is 16.4. The van der Waals surface area contributed by atoms with E-state index in [1.165, 1.54) is 13.8 Å². The van der Waals surface area contributed by atoms with Crippen LogP contribution in [0.25, 0.3) is 0 Å². The molecule has 4 nitrogen and oxygen atoms in total. The number of hydrogen-bond acceptors (Lipinski definition) is 2. The van der Waals surface area contributed by atoms with Gasteiger partial charge in [-0.3, -0.25) is 9.59 Å². The Hall–Kier alpha value is -1.06. The van der Waals surface area contributed by atoms with Crippen molar-refractivity contribution in [3.05, 3.63) is 0 Å². The van der Waals surface area contributed by atoms with Crippen LogP contribution in [0.4, 0.5) is 0 Å². The van der Waals surface area contributed by atoms with Crippen molar-refractivity contribution in [3.63, 3.8) is 0 Å². The number of hydrogen-bond donors (Lipinski definition) is 2. The second kappa shape index (κ2) is 4.07. The average molecular weight is 227 g/mol. The van der Waals surface area contributed by atoms with Crippen LogP contribution in [0.1, 0.15) is 40.5 Å². The van der Waals surface area contributed by atoms with Gasteiger partial charge in [0, 0.05) is 6.54 Å². The molecule has 1 aliphatic rings. The smallest absolute Gasteiger partial charge is 0.318 e. The Labute approximate surface area is 96.4 Å². The lowest BCUT2D eigenvalue weighted by molar-refractivity contribution is -0.153. The van der Waals surface area contributed by atoms with Crippen LogP contribution >= 0.6 is 0 Å². The Bertz CT molecular complexity index is 303. The minimum atomic E-state index is -1.34. The molecule has 1 fully saturated rings. The Morgan fingerprint density at radius 2 is 1.88 bits per heavy atom. The van der Waals surface area contributed by atoms with Gasteiger partial charge < -0.3 is 10.4 Å². The fourth-order valence-electron chi connectivity index (χ4n) is 1.69. The summed E-state index contributed by atoms with van der Waals surface area (Å²) in [6, 6.07) is 0. The topological polar surface area (TPSA) is 66.4 Å². The summed E-state index contributed by atoms with van der Waals surface area (Å²) in [7, 11) is 0. The summed E-state index contributed by atoms with van der Waals surface area (Å²) in [6.07, 6.45) is 2.25. The van der Waals surface area contributed by atoms with Gasteiger partial charge in [0.05, 0.1) is 0 Å². The Balaban J connectivity index is 2.51. The van der Waals surface area contributed by atoms with Crippen molar-refractivity contribution >= 4 is 11.9 Å². The molecular weight excluding hydrogens is 206 g/mol. The minimum absolute atomic E-state index is 0.213. The normalized spacial score (nSPS) is 18.3. The van der Waals surface area contributed by atoms with Gasteiger partial charge in [-0.05, 0) is 38.0 Å². The number of amides is 1. The first-order valence-electron chi connectivity index (χ1n) is 5.74. The van der Waals surface area contributed by atoms with E-state index in [0.717, 1.165) is 12.8 Å². The number of carboxylic acid groups (broad SMARTS) is 1. The molecule has 0 aromatic heterocycles. The van der Waals surface area contributed by atoms with Crippen LogP contribution in [-0.4, -0.2) is 23.5 Å². The SMILES string of the molecule is CC(C)C1(CNC(=O)C(C)(C)C(=O)O)CC1. The lowest BCUT2D eigenvalue weighted by Gasteiger charge is -2.24. The Kier molecular flexibility index (Phi) is 3.31. The summed E-state index contributed by atoms with van der Waals surface area (Å²) in [5.74, 6) is -0.952. The van der Waals surface area contributed by atoms with Crippen LogP contribution in [0.15, 0.2) is 0 Å². The lowest BCUT2D eigenvalue weighted by Crippen LogP contribution is -2.44. The molecule has 0 saturated heterocycles. The fourth-order valence-corrected chi connectivity index (χ4v) is 1.69. The van der Waals surface area contributed by atoms with Crippen molar-refractivity contribution in [2.24, 2.45) is 16.7 Å². The third kappa shape index (κ3) is 2.36. The molecular formula is C12H21NO3. The van der Waals surface area contributed by atoms with Crippen LogP contribution in [0.3, 0.4) is 0 Å². The molecule has 0 aliphatic heterocycles. The Morgan fingerprint density at radius 3 is 2.19 bits per heavy atom. The summed E-state index contributed by atoms with van der Waals surface area (Å²) in [4.78, 5) is 22.6. The van der Waals surface area contributed by atoms with Gasteiger partial charge in [-0.25, -0.2) is 0 Å². The molecule has 0 heterocycles.